The monoisotopic (exact) mass is 494 g/mol. The first kappa shape index (κ1) is 23.1. The fourth-order valence-electron chi connectivity index (χ4n) is 3.44. The molecule has 33 heavy (non-hydrogen) atoms. The third-order valence-electron chi connectivity index (χ3n) is 5.07. The molecule has 0 unspecified atom stereocenters. The molecule has 0 spiro atoms. The first-order chi connectivity index (χ1) is 15.5. The number of carbonyl (C=O) groups is 1. The molecule has 12 heteroatoms. The van der Waals surface area contributed by atoms with Gasteiger partial charge in [-0.15, -0.1) is 16.4 Å². The van der Waals surface area contributed by atoms with Crippen LogP contribution in [0, 0.1) is 20.8 Å². The Bertz CT molecular complexity index is 1350. The topological polar surface area (TPSA) is 85.1 Å². The lowest BCUT2D eigenvalue weighted by Gasteiger charge is -2.10. The van der Waals surface area contributed by atoms with Crippen molar-refractivity contribution in [1.29, 1.82) is 0 Å². The minimum absolute atomic E-state index is 0.102. The second-order valence-corrected chi connectivity index (χ2v) is 9.02. The van der Waals surface area contributed by atoms with Crippen molar-refractivity contribution >= 4 is 39.8 Å². The maximum absolute atomic E-state index is 12.9. The summed E-state index contributed by atoms with van der Waals surface area (Å²) in [5.74, 6) is -1.64. The first-order valence-electron chi connectivity index (χ1n) is 9.86. The average Bonchev–Trinajstić information content (AvgIpc) is 3.32. The van der Waals surface area contributed by atoms with Crippen LogP contribution in [0.25, 0.3) is 17.0 Å². The molecule has 3 aromatic heterocycles. The van der Waals surface area contributed by atoms with Crippen molar-refractivity contribution in [3.63, 3.8) is 0 Å². The molecule has 0 saturated carbocycles. The summed E-state index contributed by atoms with van der Waals surface area (Å²) >= 11 is 7.29. The van der Waals surface area contributed by atoms with Gasteiger partial charge in [0.05, 0.1) is 5.69 Å². The summed E-state index contributed by atoms with van der Waals surface area (Å²) in [4.78, 5) is 25.6. The molecule has 0 saturated heterocycles. The second kappa shape index (κ2) is 8.71. The van der Waals surface area contributed by atoms with Crippen molar-refractivity contribution in [3.05, 3.63) is 56.9 Å². The molecule has 0 bridgehead atoms. The molecule has 1 aromatic carbocycles. The van der Waals surface area contributed by atoms with Gasteiger partial charge < -0.3 is 5.32 Å². The Kier molecular flexibility index (Phi) is 6.10. The zero-order valence-corrected chi connectivity index (χ0v) is 19.4. The highest BCUT2D eigenvalue weighted by Gasteiger charge is 2.37. The fourth-order valence-corrected chi connectivity index (χ4v) is 4.41. The molecule has 0 fully saturated rings. The van der Waals surface area contributed by atoms with Gasteiger partial charge in [0.2, 0.25) is 5.91 Å². The van der Waals surface area contributed by atoms with Gasteiger partial charge in [0, 0.05) is 33.3 Å². The summed E-state index contributed by atoms with van der Waals surface area (Å²) in [5.41, 5.74) is 3.27. The van der Waals surface area contributed by atoms with E-state index in [0.717, 1.165) is 20.6 Å². The van der Waals surface area contributed by atoms with E-state index >= 15 is 0 Å². The predicted molar refractivity (Wildman–Crippen MR) is 120 cm³/mol. The van der Waals surface area contributed by atoms with Crippen molar-refractivity contribution < 1.29 is 18.0 Å². The Morgan fingerprint density at radius 1 is 1.12 bits per heavy atom. The first-order valence-corrected chi connectivity index (χ1v) is 11.1. The van der Waals surface area contributed by atoms with Crippen LogP contribution < -0.4 is 5.32 Å². The van der Waals surface area contributed by atoms with Crippen molar-refractivity contribution in [3.8, 4) is 11.3 Å². The number of alkyl halides is 3. The van der Waals surface area contributed by atoms with Gasteiger partial charge in [-0.2, -0.15) is 18.2 Å². The normalized spacial score (nSPS) is 11.8. The predicted octanol–water partition coefficient (Wildman–Crippen LogP) is 5.42. The van der Waals surface area contributed by atoms with E-state index in [1.165, 1.54) is 11.3 Å². The van der Waals surface area contributed by atoms with Gasteiger partial charge in [0.15, 0.2) is 5.13 Å². The number of thiazole rings is 1. The van der Waals surface area contributed by atoms with Crippen molar-refractivity contribution in [2.45, 2.75) is 39.8 Å². The van der Waals surface area contributed by atoms with E-state index in [2.05, 4.69) is 25.4 Å². The fraction of sp³-hybridized carbons (Fsp3) is 0.286. The molecule has 172 valence electrons. The number of aryl methyl sites for hydroxylation is 3. The number of rotatable bonds is 5. The Morgan fingerprint density at radius 3 is 2.48 bits per heavy atom. The maximum atomic E-state index is 12.9. The SMILES string of the molecule is Cc1nc2nc(C(F)(F)F)nn2c(C)c1CCC(=O)Nc1nc(-c2ccc(Cl)cc2)c(C)s1. The van der Waals surface area contributed by atoms with Gasteiger partial charge in [-0.25, -0.2) is 14.5 Å². The summed E-state index contributed by atoms with van der Waals surface area (Å²) in [7, 11) is 0. The number of carbonyl (C=O) groups excluding carboxylic acids is 1. The number of benzene rings is 1. The number of hydrogen-bond donors (Lipinski definition) is 1. The smallest absolute Gasteiger partial charge is 0.302 e. The number of nitrogens with zero attached hydrogens (tertiary/aromatic N) is 5. The zero-order valence-electron chi connectivity index (χ0n) is 17.8. The van der Waals surface area contributed by atoms with Gasteiger partial charge in [-0.05, 0) is 44.9 Å². The highest BCUT2D eigenvalue weighted by molar-refractivity contribution is 7.16. The van der Waals surface area contributed by atoms with E-state index in [1.807, 2.05) is 19.1 Å². The number of nitrogens with one attached hydrogen (secondary N) is 1. The molecule has 1 amide bonds. The van der Waals surface area contributed by atoms with E-state index in [9.17, 15) is 18.0 Å². The van der Waals surface area contributed by atoms with Crippen LogP contribution in [0.5, 0.6) is 0 Å². The second-order valence-electron chi connectivity index (χ2n) is 7.39. The molecular weight excluding hydrogens is 477 g/mol. The van der Waals surface area contributed by atoms with Gasteiger partial charge in [0.25, 0.3) is 11.6 Å². The largest absolute Gasteiger partial charge is 0.453 e. The number of amides is 1. The average molecular weight is 495 g/mol. The Labute approximate surface area is 195 Å². The summed E-state index contributed by atoms with van der Waals surface area (Å²) in [6, 6.07) is 7.27. The molecule has 0 radical (unpaired) electrons. The van der Waals surface area contributed by atoms with E-state index in [4.69, 9.17) is 11.6 Å². The molecule has 7 nitrogen and oxygen atoms in total. The van der Waals surface area contributed by atoms with E-state index in [1.54, 1.807) is 26.0 Å². The van der Waals surface area contributed by atoms with E-state index in [0.29, 0.717) is 27.1 Å². The summed E-state index contributed by atoms with van der Waals surface area (Å²) < 4.78 is 39.9. The zero-order chi connectivity index (χ0) is 23.9. The lowest BCUT2D eigenvalue weighted by Crippen LogP contribution is -2.14. The molecule has 4 aromatic rings. The van der Waals surface area contributed by atoms with Gasteiger partial charge in [-0.1, -0.05) is 23.7 Å². The Hall–Kier alpha value is -3.05. The minimum Gasteiger partial charge on any atom is -0.302 e. The number of anilines is 1. The lowest BCUT2D eigenvalue weighted by atomic mass is 10.1. The highest BCUT2D eigenvalue weighted by atomic mass is 35.5. The van der Waals surface area contributed by atoms with Crippen molar-refractivity contribution in [2.24, 2.45) is 0 Å². The summed E-state index contributed by atoms with van der Waals surface area (Å²) in [6.07, 6.45) is -4.28. The van der Waals surface area contributed by atoms with Crippen LogP contribution in [-0.2, 0) is 17.4 Å². The highest BCUT2D eigenvalue weighted by Crippen LogP contribution is 2.31. The van der Waals surface area contributed by atoms with Crippen molar-refractivity contribution in [1.82, 2.24) is 24.6 Å². The van der Waals surface area contributed by atoms with Crippen LogP contribution in [0.2, 0.25) is 5.02 Å². The Balaban J connectivity index is 1.48. The van der Waals surface area contributed by atoms with E-state index < -0.39 is 12.0 Å². The summed E-state index contributed by atoms with van der Waals surface area (Å²) in [6.45, 7) is 5.22. The number of aromatic nitrogens is 5. The van der Waals surface area contributed by atoms with Crippen LogP contribution >= 0.6 is 22.9 Å². The molecule has 0 atom stereocenters. The molecule has 3 heterocycles. The number of fused-ring (bicyclic) bond motifs is 1. The Morgan fingerprint density at radius 2 is 1.82 bits per heavy atom. The third-order valence-corrected chi connectivity index (χ3v) is 6.20. The van der Waals surface area contributed by atoms with Crippen LogP contribution in [0.3, 0.4) is 0 Å². The minimum atomic E-state index is -4.66. The van der Waals surface area contributed by atoms with Crippen LogP contribution in [-0.4, -0.2) is 30.5 Å². The van der Waals surface area contributed by atoms with Gasteiger partial charge >= 0.3 is 6.18 Å². The number of hydrogen-bond acceptors (Lipinski definition) is 6. The number of halogens is 4. The summed E-state index contributed by atoms with van der Waals surface area (Å²) in [5, 5.41) is 7.41. The molecule has 4 rings (SSSR count). The van der Waals surface area contributed by atoms with Gasteiger partial charge in [-0.3, -0.25) is 4.79 Å². The molecule has 0 aliphatic rings. The quantitative estimate of drug-likeness (QED) is 0.400. The van der Waals surface area contributed by atoms with Crippen LogP contribution in [0.4, 0.5) is 18.3 Å². The van der Waals surface area contributed by atoms with Gasteiger partial charge in [0.1, 0.15) is 0 Å². The molecule has 1 N–H and O–H groups in total. The van der Waals surface area contributed by atoms with Crippen molar-refractivity contribution in [2.75, 3.05) is 5.32 Å². The standard InChI is InChI=1S/C21H18ClF3N6OS/c1-10-15(11(2)31-19(26-10)29-18(30-31)21(23,24)25)8-9-16(32)27-20-28-17(12(3)33-20)13-4-6-14(22)7-5-13/h4-7H,8-9H2,1-3H3,(H,27,28,32). The van der Waals surface area contributed by atoms with Crippen LogP contribution in [0.15, 0.2) is 24.3 Å². The van der Waals surface area contributed by atoms with Crippen LogP contribution in [0.1, 0.15) is 34.1 Å². The molecular formula is C21H18ClF3N6OS. The third kappa shape index (κ3) is 4.83. The maximum Gasteiger partial charge on any atom is 0.453 e. The lowest BCUT2D eigenvalue weighted by molar-refractivity contribution is -0.144. The molecule has 0 aliphatic heterocycles. The van der Waals surface area contributed by atoms with E-state index in [-0.39, 0.29) is 24.5 Å². The molecule has 0 aliphatic carbocycles.